The van der Waals surface area contributed by atoms with E-state index in [1.165, 1.54) is 9.79 Å². The summed E-state index contributed by atoms with van der Waals surface area (Å²) in [6.45, 7) is 0. The summed E-state index contributed by atoms with van der Waals surface area (Å²) in [4.78, 5) is 2.88. The van der Waals surface area contributed by atoms with E-state index in [2.05, 4.69) is 73.2 Å². The van der Waals surface area contributed by atoms with Crippen LogP contribution < -0.4 is 0 Å². The van der Waals surface area contributed by atoms with Crippen molar-refractivity contribution in [2.75, 3.05) is 12.5 Å². The van der Waals surface area contributed by atoms with Gasteiger partial charge in [0, 0.05) is 21.1 Å². The van der Waals surface area contributed by atoms with Crippen LogP contribution in [0.3, 0.4) is 0 Å². The molecule has 0 amide bonds. The van der Waals surface area contributed by atoms with Gasteiger partial charge in [0.25, 0.3) is 0 Å². The van der Waals surface area contributed by atoms with Crippen molar-refractivity contribution in [1.82, 2.24) is 0 Å². The molecule has 0 N–H and O–H groups in total. The molecule has 2 aromatic rings. The van der Waals surface area contributed by atoms with Gasteiger partial charge in [0.1, 0.15) is 0 Å². The van der Waals surface area contributed by atoms with Gasteiger partial charge in [-0.05, 0) is 46.6 Å². The van der Waals surface area contributed by atoms with E-state index < -0.39 is 10.0 Å². The molecule has 0 aliphatic heterocycles. The molecule has 0 atom stereocenters. The summed E-state index contributed by atoms with van der Waals surface area (Å²) < 4.78 is 0. The van der Waals surface area contributed by atoms with Crippen LogP contribution in [0.2, 0.25) is 0 Å². The van der Waals surface area contributed by atoms with Crippen molar-refractivity contribution >= 4 is 10.0 Å². The topological polar surface area (TPSA) is 0 Å². The second-order valence-corrected chi connectivity index (χ2v) is 7.55. The molecule has 2 rings (SSSR count). The van der Waals surface area contributed by atoms with Crippen molar-refractivity contribution < 1.29 is 21.1 Å². The molecule has 0 radical (unpaired) electrons. The second kappa shape index (κ2) is 5.70. The summed E-state index contributed by atoms with van der Waals surface area (Å²) in [5.74, 6) is 0. The van der Waals surface area contributed by atoms with Gasteiger partial charge in [0.05, 0.1) is 0 Å². The summed E-state index contributed by atoms with van der Waals surface area (Å²) in [6, 6.07) is 21.5. The van der Waals surface area contributed by atoms with E-state index in [1.807, 2.05) is 0 Å². The predicted molar refractivity (Wildman–Crippen MR) is 68.9 cm³/mol. The van der Waals surface area contributed by atoms with E-state index in [9.17, 15) is 0 Å². The van der Waals surface area contributed by atoms with Crippen LogP contribution in [0.1, 0.15) is 0 Å². The third-order valence-electron chi connectivity index (χ3n) is 2.66. The number of rotatable bonds is 2. The van der Waals surface area contributed by atoms with Crippen LogP contribution in [0.4, 0.5) is 0 Å². The average Bonchev–Trinajstić information content (AvgIpc) is 2.31. The molecule has 0 saturated heterocycles. The van der Waals surface area contributed by atoms with Crippen molar-refractivity contribution in [3.8, 4) is 0 Å². The third kappa shape index (κ3) is 2.78. The molecule has 88 valence electrons. The fourth-order valence-electron chi connectivity index (χ4n) is 1.66. The minimum absolute atomic E-state index is 0. The SMILES string of the molecule is CS(C)(c1ccccc1)c1ccccc1.[Pt]. The Morgan fingerprint density at radius 3 is 1.25 bits per heavy atom. The fourth-order valence-corrected chi connectivity index (χ4v) is 3.60. The van der Waals surface area contributed by atoms with Crippen molar-refractivity contribution in [3.05, 3.63) is 60.7 Å². The molecule has 0 fully saturated rings. The van der Waals surface area contributed by atoms with Crippen LogP contribution in [-0.2, 0) is 21.1 Å². The van der Waals surface area contributed by atoms with Crippen molar-refractivity contribution in [2.24, 2.45) is 0 Å². The minimum atomic E-state index is -0.839. The van der Waals surface area contributed by atoms with Crippen LogP contribution in [0.25, 0.3) is 0 Å². The first-order chi connectivity index (χ1) is 7.21. The summed E-state index contributed by atoms with van der Waals surface area (Å²) in [6.07, 6.45) is 4.69. The molecule has 0 saturated carbocycles. The zero-order valence-electron chi connectivity index (χ0n) is 9.50. The Hall–Kier alpha value is -0.522. The van der Waals surface area contributed by atoms with Crippen LogP contribution in [0, 0.1) is 0 Å². The van der Waals surface area contributed by atoms with E-state index in [1.54, 1.807) is 0 Å². The molecule has 0 bridgehead atoms. The Morgan fingerprint density at radius 1 is 0.625 bits per heavy atom. The van der Waals surface area contributed by atoms with Crippen molar-refractivity contribution in [3.63, 3.8) is 0 Å². The van der Waals surface area contributed by atoms with E-state index in [-0.39, 0.29) is 21.1 Å². The van der Waals surface area contributed by atoms with Crippen LogP contribution >= 0.6 is 10.0 Å². The molecule has 0 unspecified atom stereocenters. The van der Waals surface area contributed by atoms with E-state index in [0.717, 1.165) is 0 Å². The van der Waals surface area contributed by atoms with Gasteiger partial charge in [0.15, 0.2) is 0 Å². The summed E-state index contributed by atoms with van der Waals surface area (Å²) in [7, 11) is -0.839. The smallest absolute Gasteiger partial charge is 0 e. The maximum Gasteiger partial charge on any atom is 0 e. The number of hydrogen-bond donors (Lipinski definition) is 0. The molecule has 0 heterocycles. The molecule has 0 aliphatic rings. The minimum Gasteiger partial charge on any atom is -0.194 e. The summed E-state index contributed by atoms with van der Waals surface area (Å²) >= 11 is 0. The number of benzene rings is 2. The first-order valence-electron chi connectivity index (χ1n) is 5.05. The normalized spacial score (nSPS) is 11.6. The molecule has 0 nitrogen and oxygen atoms in total. The van der Waals surface area contributed by atoms with Gasteiger partial charge in [-0.2, -0.15) is 10.0 Å². The first kappa shape index (κ1) is 13.5. The van der Waals surface area contributed by atoms with Crippen molar-refractivity contribution in [1.29, 1.82) is 0 Å². The van der Waals surface area contributed by atoms with Crippen LogP contribution in [0.5, 0.6) is 0 Å². The first-order valence-corrected chi connectivity index (χ1v) is 7.50. The second-order valence-electron chi connectivity index (χ2n) is 3.95. The molecule has 2 heteroatoms. The maximum absolute atomic E-state index is 2.34. The summed E-state index contributed by atoms with van der Waals surface area (Å²) in [5.41, 5.74) is 0. The maximum atomic E-state index is 2.34. The predicted octanol–water partition coefficient (Wildman–Crippen LogP) is 4.17. The molecular weight excluding hydrogens is 395 g/mol. The van der Waals surface area contributed by atoms with Gasteiger partial charge in [-0.25, -0.2) is 0 Å². The standard InChI is InChI=1S/C14H16S.Pt/c1-15(2,13-9-5-3-6-10-13)14-11-7-4-8-12-14;/h3-12H,1-2H3;. The van der Waals surface area contributed by atoms with Gasteiger partial charge >= 0.3 is 0 Å². The monoisotopic (exact) mass is 411 g/mol. The molecular formula is C14H16PtS. The van der Waals surface area contributed by atoms with Gasteiger partial charge in [-0.1, -0.05) is 36.4 Å². The fraction of sp³-hybridized carbons (Fsp3) is 0.143. The van der Waals surface area contributed by atoms with E-state index in [4.69, 9.17) is 0 Å². The van der Waals surface area contributed by atoms with Gasteiger partial charge < -0.3 is 0 Å². The average molecular weight is 411 g/mol. The molecule has 16 heavy (non-hydrogen) atoms. The Bertz CT molecular complexity index is 382. The van der Waals surface area contributed by atoms with Crippen molar-refractivity contribution in [2.45, 2.75) is 9.79 Å². The Balaban J connectivity index is 0.00000128. The third-order valence-corrected chi connectivity index (χ3v) is 5.57. The Labute approximate surface area is 114 Å². The largest absolute Gasteiger partial charge is 0.194 e. The molecule has 2 aromatic carbocycles. The van der Waals surface area contributed by atoms with Gasteiger partial charge in [-0.15, -0.1) is 0 Å². The number of hydrogen-bond acceptors (Lipinski definition) is 0. The van der Waals surface area contributed by atoms with Crippen LogP contribution in [0.15, 0.2) is 70.5 Å². The Morgan fingerprint density at radius 2 is 0.938 bits per heavy atom. The summed E-state index contributed by atoms with van der Waals surface area (Å²) in [5, 5.41) is 0. The molecule has 0 aliphatic carbocycles. The van der Waals surface area contributed by atoms with E-state index in [0.29, 0.717) is 0 Å². The zero-order valence-corrected chi connectivity index (χ0v) is 12.6. The van der Waals surface area contributed by atoms with Gasteiger partial charge in [-0.3, -0.25) is 0 Å². The molecule has 0 aromatic heterocycles. The van der Waals surface area contributed by atoms with Crippen LogP contribution in [-0.4, -0.2) is 12.5 Å². The quantitative estimate of drug-likeness (QED) is 0.696. The zero-order chi connectivity index (χ0) is 10.7. The van der Waals surface area contributed by atoms with E-state index >= 15 is 0 Å². The van der Waals surface area contributed by atoms with Gasteiger partial charge in [0.2, 0.25) is 0 Å². The Kier molecular flexibility index (Phi) is 4.83. The molecule has 0 spiro atoms.